The fraction of sp³-hybridized carbons (Fsp3) is 0.318. The zero-order chi connectivity index (χ0) is 20.3. The molecule has 1 fully saturated rings. The van der Waals surface area contributed by atoms with E-state index in [0.29, 0.717) is 12.1 Å². The van der Waals surface area contributed by atoms with Gasteiger partial charge in [-0.3, -0.25) is 9.59 Å². The Morgan fingerprint density at radius 3 is 2.04 bits per heavy atom. The number of hydrogen-bond donors (Lipinski definition) is 2. The van der Waals surface area contributed by atoms with Crippen LogP contribution >= 0.6 is 0 Å². The minimum atomic E-state index is -0.522. The van der Waals surface area contributed by atoms with Crippen molar-refractivity contribution < 1.29 is 19.1 Å². The molecule has 0 aliphatic heterocycles. The number of hydrogen-bond acceptors (Lipinski definition) is 4. The van der Waals surface area contributed by atoms with Crippen molar-refractivity contribution >= 4 is 29.2 Å². The second kappa shape index (κ2) is 8.25. The molecule has 0 aromatic heterocycles. The largest absolute Gasteiger partial charge is 0.465 e. The summed E-state index contributed by atoms with van der Waals surface area (Å²) in [5, 5.41) is 5.69. The van der Waals surface area contributed by atoms with Crippen molar-refractivity contribution in [3.63, 3.8) is 0 Å². The summed E-state index contributed by atoms with van der Waals surface area (Å²) in [4.78, 5) is 36.9. The molecular weight excluding hydrogens is 356 g/mol. The summed E-state index contributed by atoms with van der Waals surface area (Å²) in [6.45, 7) is 4.13. The summed E-state index contributed by atoms with van der Waals surface area (Å²) in [5.41, 5.74) is 2.51. The molecule has 1 aliphatic rings. The van der Waals surface area contributed by atoms with Crippen molar-refractivity contribution in [1.29, 1.82) is 0 Å². The van der Waals surface area contributed by atoms with E-state index in [1.165, 1.54) is 7.11 Å². The molecule has 146 valence electrons. The minimum absolute atomic E-state index is 0.158. The van der Waals surface area contributed by atoms with Crippen LogP contribution in [0.2, 0.25) is 0 Å². The van der Waals surface area contributed by atoms with Crippen LogP contribution in [0.4, 0.5) is 11.4 Å². The number of methoxy groups -OCH3 is 1. The zero-order valence-corrected chi connectivity index (χ0v) is 16.2. The van der Waals surface area contributed by atoms with Crippen LogP contribution in [-0.2, 0) is 14.3 Å². The van der Waals surface area contributed by atoms with Crippen molar-refractivity contribution in [3.05, 3.63) is 59.7 Å². The van der Waals surface area contributed by atoms with E-state index in [9.17, 15) is 14.4 Å². The van der Waals surface area contributed by atoms with E-state index >= 15 is 0 Å². The van der Waals surface area contributed by atoms with E-state index < -0.39 is 11.9 Å². The van der Waals surface area contributed by atoms with Crippen molar-refractivity contribution in [2.45, 2.75) is 26.2 Å². The molecule has 0 saturated heterocycles. The molecule has 0 heterocycles. The lowest BCUT2D eigenvalue weighted by molar-refractivity contribution is -0.122. The van der Waals surface area contributed by atoms with Crippen LogP contribution in [0.15, 0.2) is 48.5 Å². The smallest absolute Gasteiger partial charge is 0.339 e. The molecule has 6 nitrogen and oxygen atoms in total. The van der Waals surface area contributed by atoms with Gasteiger partial charge in [-0.1, -0.05) is 44.2 Å². The third kappa shape index (κ3) is 4.22. The van der Waals surface area contributed by atoms with E-state index in [2.05, 4.69) is 24.5 Å². The minimum Gasteiger partial charge on any atom is -0.465 e. The molecule has 1 aliphatic carbocycles. The lowest BCUT2D eigenvalue weighted by Gasteiger charge is -2.13. The molecule has 0 spiro atoms. The Balaban J connectivity index is 1.64. The topological polar surface area (TPSA) is 84.5 Å². The molecule has 2 aromatic carbocycles. The number of para-hydroxylation sites is 2. The monoisotopic (exact) mass is 380 g/mol. The molecule has 28 heavy (non-hydrogen) atoms. The van der Waals surface area contributed by atoms with E-state index in [1.807, 2.05) is 24.3 Å². The Labute approximate surface area is 164 Å². The first kappa shape index (κ1) is 19.6. The molecule has 3 rings (SSSR count). The standard InChI is InChI=1S/C22H24N2O4/c1-13(2)14-8-4-6-10-18(14)23-20(25)16-12-17(16)21(26)24-19-11-7-5-9-15(19)22(27)28-3/h4-11,13,16-17H,12H2,1-3H3,(H,23,25)(H,24,26). The van der Waals surface area contributed by atoms with E-state index in [4.69, 9.17) is 4.74 Å². The van der Waals surface area contributed by atoms with E-state index in [0.717, 1.165) is 11.3 Å². The highest BCUT2D eigenvalue weighted by Gasteiger charge is 2.48. The number of amides is 2. The van der Waals surface area contributed by atoms with Crippen LogP contribution in [-0.4, -0.2) is 24.9 Å². The van der Waals surface area contributed by atoms with Gasteiger partial charge in [0.25, 0.3) is 0 Å². The zero-order valence-electron chi connectivity index (χ0n) is 16.2. The van der Waals surface area contributed by atoms with Crippen LogP contribution in [0.3, 0.4) is 0 Å². The molecule has 1 saturated carbocycles. The van der Waals surface area contributed by atoms with Crippen LogP contribution in [0.1, 0.15) is 42.1 Å². The first-order chi connectivity index (χ1) is 13.4. The van der Waals surface area contributed by atoms with Gasteiger partial charge < -0.3 is 15.4 Å². The van der Waals surface area contributed by atoms with Crippen molar-refractivity contribution in [2.24, 2.45) is 11.8 Å². The summed E-state index contributed by atoms with van der Waals surface area (Å²) in [5.74, 6) is -1.44. The predicted molar refractivity (Wildman–Crippen MR) is 107 cm³/mol. The first-order valence-corrected chi connectivity index (χ1v) is 9.30. The maximum absolute atomic E-state index is 12.6. The number of carbonyl (C=O) groups excluding carboxylic acids is 3. The summed E-state index contributed by atoms with van der Waals surface area (Å²) in [6.07, 6.45) is 0.488. The number of benzene rings is 2. The van der Waals surface area contributed by atoms with Gasteiger partial charge in [0.05, 0.1) is 30.2 Å². The lowest BCUT2D eigenvalue weighted by atomic mass is 10.0. The van der Waals surface area contributed by atoms with Gasteiger partial charge in [0, 0.05) is 5.69 Å². The van der Waals surface area contributed by atoms with E-state index in [1.54, 1.807) is 24.3 Å². The van der Waals surface area contributed by atoms with Crippen molar-refractivity contribution in [3.8, 4) is 0 Å². The molecule has 2 N–H and O–H groups in total. The van der Waals surface area contributed by atoms with Gasteiger partial charge >= 0.3 is 5.97 Å². The molecular formula is C22H24N2O4. The first-order valence-electron chi connectivity index (χ1n) is 9.30. The third-order valence-electron chi connectivity index (χ3n) is 4.89. The van der Waals surface area contributed by atoms with Gasteiger partial charge in [-0.2, -0.15) is 0 Å². The average molecular weight is 380 g/mol. The SMILES string of the molecule is COC(=O)c1ccccc1NC(=O)C1CC1C(=O)Nc1ccccc1C(C)C. The summed E-state index contributed by atoms with van der Waals surface area (Å²) < 4.78 is 4.74. The average Bonchev–Trinajstić information content (AvgIpc) is 3.49. The molecule has 2 atom stereocenters. The Bertz CT molecular complexity index is 907. The van der Waals surface area contributed by atoms with Crippen molar-refractivity contribution in [2.75, 3.05) is 17.7 Å². The highest BCUT2D eigenvalue weighted by molar-refractivity contribution is 6.06. The fourth-order valence-electron chi connectivity index (χ4n) is 3.22. The van der Waals surface area contributed by atoms with Gasteiger partial charge in [0.15, 0.2) is 0 Å². The van der Waals surface area contributed by atoms with Gasteiger partial charge in [0.1, 0.15) is 0 Å². The Morgan fingerprint density at radius 2 is 1.43 bits per heavy atom. The van der Waals surface area contributed by atoms with Gasteiger partial charge in [-0.25, -0.2) is 4.79 Å². The van der Waals surface area contributed by atoms with Gasteiger partial charge in [0.2, 0.25) is 11.8 Å². The lowest BCUT2D eigenvalue weighted by Crippen LogP contribution is -2.22. The Morgan fingerprint density at radius 1 is 0.893 bits per heavy atom. The van der Waals surface area contributed by atoms with Crippen LogP contribution in [0, 0.1) is 11.8 Å². The highest BCUT2D eigenvalue weighted by atomic mass is 16.5. The number of rotatable bonds is 6. The second-order valence-electron chi connectivity index (χ2n) is 7.21. The van der Waals surface area contributed by atoms with Gasteiger partial charge in [-0.05, 0) is 36.1 Å². The van der Waals surface area contributed by atoms with E-state index in [-0.39, 0.29) is 29.2 Å². The Kier molecular flexibility index (Phi) is 5.78. The number of esters is 1. The summed E-state index contributed by atoms with van der Waals surface area (Å²) >= 11 is 0. The normalized spacial score (nSPS) is 17.7. The molecule has 6 heteroatoms. The number of carbonyl (C=O) groups is 3. The molecule has 0 bridgehead atoms. The maximum Gasteiger partial charge on any atom is 0.339 e. The highest BCUT2D eigenvalue weighted by Crippen LogP contribution is 2.41. The number of nitrogens with one attached hydrogen (secondary N) is 2. The predicted octanol–water partition coefficient (Wildman–Crippen LogP) is 3.81. The molecule has 0 radical (unpaired) electrons. The van der Waals surface area contributed by atoms with Crippen molar-refractivity contribution in [1.82, 2.24) is 0 Å². The summed E-state index contributed by atoms with van der Waals surface area (Å²) in [7, 11) is 1.29. The van der Waals surface area contributed by atoms with Crippen LogP contribution in [0.5, 0.6) is 0 Å². The van der Waals surface area contributed by atoms with Crippen LogP contribution < -0.4 is 10.6 Å². The molecule has 2 aromatic rings. The quantitative estimate of drug-likeness (QED) is 0.747. The Hall–Kier alpha value is -3.15. The molecule has 2 amide bonds. The number of anilines is 2. The maximum atomic E-state index is 12.6. The van der Waals surface area contributed by atoms with Crippen LogP contribution in [0.25, 0.3) is 0 Å². The summed E-state index contributed by atoms with van der Waals surface area (Å²) in [6, 6.07) is 14.3. The second-order valence-corrected chi connectivity index (χ2v) is 7.21. The fourth-order valence-corrected chi connectivity index (χ4v) is 3.22. The molecule has 2 unspecified atom stereocenters. The third-order valence-corrected chi connectivity index (χ3v) is 4.89. The number of ether oxygens (including phenoxy) is 1. The van der Waals surface area contributed by atoms with Gasteiger partial charge in [-0.15, -0.1) is 0 Å².